The van der Waals surface area contributed by atoms with Crippen LogP contribution in [0.5, 0.6) is 0 Å². The molecule has 132 valence electrons. The molecular weight excluding hydrogens is 316 g/mol. The molecule has 1 heterocycles. The van der Waals surface area contributed by atoms with E-state index in [1.807, 2.05) is 67.6 Å². The minimum Gasteiger partial charge on any atom is -0.445 e. The maximum absolute atomic E-state index is 12.8. The molecule has 1 aliphatic rings. The number of hydrogen-bond acceptors (Lipinski definition) is 4. The smallest absolute Gasteiger partial charge is 0.410 e. The average Bonchev–Trinajstić information content (AvgIpc) is 2.91. The molecule has 1 aliphatic heterocycles. The molecule has 0 unspecified atom stereocenters. The Hall–Kier alpha value is -2.37. The Morgan fingerprint density at radius 2 is 1.72 bits per heavy atom. The van der Waals surface area contributed by atoms with Crippen LogP contribution in [0, 0.1) is 5.92 Å². The van der Waals surface area contributed by atoms with E-state index in [-0.39, 0.29) is 37.3 Å². The molecular formula is C20H24N2O3. The molecule has 2 aromatic carbocycles. The van der Waals surface area contributed by atoms with E-state index in [4.69, 9.17) is 10.5 Å². The fourth-order valence-corrected chi connectivity index (χ4v) is 3.58. The van der Waals surface area contributed by atoms with Crippen molar-refractivity contribution < 1.29 is 14.6 Å². The molecule has 0 aliphatic carbocycles. The van der Waals surface area contributed by atoms with E-state index in [2.05, 4.69) is 0 Å². The number of rotatable bonds is 4. The zero-order valence-corrected chi connectivity index (χ0v) is 14.3. The van der Waals surface area contributed by atoms with E-state index in [0.717, 1.165) is 11.1 Å². The predicted octanol–water partition coefficient (Wildman–Crippen LogP) is 2.70. The number of ether oxygens (including phenoxy) is 1. The number of likely N-dealkylation sites (tertiary alicyclic amines) is 1. The molecule has 0 radical (unpaired) electrons. The molecule has 1 amide bonds. The van der Waals surface area contributed by atoms with E-state index in [0.29, 0.717) is 0 Å². The van der Waals surface area contributed by atoms with Gasteiger partial charge in [0.2, 0.25) is 0 Å². The van der Waals surface area contributed by atoms with Gasteiger partial charge in [-0.05, 0) is 18.1 Å². The van der Waals surface area contributed by atoms with E-state index in [1.54, 1.807) is 4.90 Å². The van der Waals surface area contributed by atoms with Gasteiger partial charge in [0.1, 0.15) is 6.61 Å². The van der Waals surface area contributed by atoms with Gasteiger partial charge in [0.25, 0.3) is 0 Å². The first kappa shape index (κ1) is 17.5. The first-order valence-electron chi connectivity index (χ1n) is 8.54. The van der Waals surface area contributed by atoms with Crippen LogP contribution < -0.4 is 5.73 Å². The van der Waals surface area contributed by atoms with Crippen molar-refractivity contribution in [1.29, 1.82) is 0 Å². The Labute approximate surface area is 148 Å². The number of nitrogens with two attached hydrogens (primary N) is 1. The molecule has 3 N–H and O–H groups in total. The normalized spacial score (nSPS) is 25.8. The molecule has 2 aromatic rings. The van der Waals surface area contributed by atoms with Gasteiger partial charge >= 0.3 is 6.09 Å². The predicted molar refractivity (Wildman–Crippen MR) is 95.7 cm³/mol. The van der Waals surface area contributed by atoms with Gasteiger partial charge in [0.15, 0.2) is 0 Å². The summed E-state index contributed by atoms with van der Waals surface area (Å²) in [5.74, 6) is -0.186. The summed E-state index contributed by atoms with van der Waals surface area (Å²) in [5, 5.41) is 9.72. The lowest BCUT2D eigenvalue weighted by atomic mass is 9.93. The topological polar surface area (TPSA) is 75.8 Å². The van der Waals surface area contributed by atoms with E-state index in [1.165, 1.54) is 0 Å². The first-order chi connectivity index (χ1) is 12.1. The molecule has 5 nitrogen and oxygen atoms in total. The van der Waals surface area contributed by atoms with Gasteiger partial charge in [-0.15, -0.1) is 0 Å². The van der Waals surface area contributed by atoms with E-state index in [9.17, 15) is 9.90 Å². The van der Waals surface area contributed by atoms with E-state index < -0.39 is 6.09 Å². The average molecular weight is 340 g/mol. The summed E-state index contributed by atoms with van der Waals surface area (Å²) in [6, 6.07) is 18.4. The Bertz CT molecular complexity index is 693. The van der Waals surface area contributed by atoms with Crippen molar-refractivity contribution in [3.63, 3.8) is 0 Å². The maximum Gasteiger partial charge on any atom is 0.410 e. The molecule has 4 atom stereocenters. The van der Waals surface area contributed by atoms with Crippen LogP contribution in [-0.4, -0.2) is 34.8 Å². The number of carbonyl (C=O) groups excluding carboxylic acids is 1. The third kappa shape index (κ3) is 3.52. The van der Waals surface area contributed by atoms with Crippen LogP contribution in [0.1, 0.15) is 24.1 Å². The summed E-state index contributed by atoms with van der Waals surface area (Å²) < 4.78 is 5.53. The van der Waals surface area contributed by atoms with Gasteiger partial charge in [-0.3, -0.25) is 4.90 Å². The minimum atomic E-state index is -0.406. The number of carbonyl (C=O) groups is 1. The molecule has 0 aromatic heterocycles. The summed E-state index contributed by atoms with van der Waals surface area (Å²) in [6.07, 6.45) is -0.406. The zero-order chi connectivity index (χ0) is 17.8. The number of hydrogen-bond donors (Lipinski definition) is 2. The third-order valence-electron chi connectivity index (χ3n) is 4.98. The minimum absolute atomic E-state index is 0.0614. The summed E-state index contributed by atoms with van der Waals surface area (Å²) >= 11 is 0. The molecule has 3 rings (SSSR count). The lowest BCUT2D eigenvalue weighted by Crippen LogP contribution is -2.38. The van der Waals surface area contributed by atoms with Crippen molar-refractivity contribution in [2.75, 3.05) is 6.61 Å². The summed E-state index contributed by atoms with van der Waals surface area (Å²) in [5.41, 5.74) is 8.27. The van der Waals surface area contributed by atoms with Gasteiger partial charge < -0.3 is 15.6 Å². The van der Waals surface area contributed by atoms with Crippen LogP contribution in [0.3, 0.4) is 0 Å². The number of amides is 1. The fourth-order valence-electron chi connectivity index (χ4n) is 3.58. The molecule has 0 saturated carbocycles. The van der Waals surface area contributed by atoms with Gasteiger partial charge in [-0.25, -0.2) is 4.79 Å². The van der Waals surface area contributed by atoms with Crippen LogP contribution in [-0.2, 0) is 11.3 Å². The second-order valence-electron chi connectivity index (χ2n) is 6.47. The highest BCUT2D eigenvalue weighted by atomic mass is 16.6. The van der Waals surface area contributed by atoms with Gasteiger partial charge in [-0.2, -0.15) is 0 Å². The van der Waals surface area contributed by atoms with Gasteiger partial charge in [0.05, 0.1) is 6.04 Å². The molecule has 0 spiro atoms. The fraction of sp³-hybridized carbons (Fsp3) is 0.350. The van der Waals surface area contributed by atoms with Crippen LogP contribution in [0.25, 0.3) is 0 Å². The van der Waals surface area contributed by atoms with Crippen molar-refractivity contribution in [2.45, 2.75) is 31.7 Å². The monoisotopic (exact) mass is 340 g/mol. The van der Waals surface area contributed by atoms with Crippen molar-refractivity contribution >= 4 is 6.09 Å². The van der Waals surface area contributed by atoms with Crippen molar-refractivity contribution in [1.82, 2.24) is 4.90 Å². The van der Waals surface area contributed by atoms with Crippen molar-refractivity contribution in [2.24, 2.45) is 11.7 Å². The summed E-state index contributed by atoms with van der Waals surface area (Å²) in [4.78, 5) is 14.5. The van der Waals surface area contributed by atoms with Crippen LogP contribution in [0.4, 0.5) is 4.79 Å². The standard InChI is InChI=1S/C20H24N2O3/c1-14-17(12-23)18(21)19(16-10-6-3-7-11-16)22(14)20(24)25-13-15-8-4-2-5-9-15/h2-11,14,17-19,23H,12-13,21H2,1H3/t14-,17+,18+,19+/m1/s1. The quantitative estimate of drug-likeness (QED) is 0.897. The third-order valence-corrected chi connectivity index (χ3v) is 4.98. The lowest BCUT2D eigenvalue weighted by molar-refractivity contribution is 0.0750. The molecule has 1 fully saturated rings. The Kier molecular flexibility index (Phi) is 5.36. The highest BCUT2D eigenvalue weighted by Gasteiger charge is 2.48. The summed E-state index contributed by atoms with van der Waals surface area (Å²) in [7, 11) is 0. The SMILES string of the molecule is C[C@@H]1[C@H](CO)[C@H](N)[C@H](c2ccccc2)N1C(=O)OCc1ccccc1. The van der Waals surface area contributed by atoms with Crippen molar-refractivity contribution in [3.05, 3.63) is 71.8 Å². The lowest BCUT2D eigenvalue weighted by Gasteiger charge is -2.29. The largest absolute Gasteiger partial charge is 0.445 e. The number of aliphatic hydroxyl groups excluding tert-OH is 1. The molecule has 0 bridgehead atoms. The Morgan fingerprint density at radius 3 is 2.32 bits per heavy atom. The second-order valence-corrected chi connectivity index (χ2v) is 6.47. The molecule has 1 saturated heterocycles. The van der Waals surface area contributed by atoms with Crippen LogP contribution in [0.2, 0.25) is 0 Å². The van der Waals surface area contributed by atoms with Crippen molar-refractivity contribution in [3.8, 4) is 0 Å². The Balaban J connectivity index is 1.81. The van der Waals surface area contributed by atoms with Gasteiger partial charge in [0, 0.05) is 24.6 Å². The number of nitrogens with zero attached hydrogens (tertiary/aromatic N) is 1. The number of aliphatic hydroxyl groups is 1. The van der Waals surface area contributed by atoms with E-state index >= 15 is 0 Å². The summed E-state index contributed by atoms with van der Waals surface area (Å²) in [6.45, 7) is 2.06. The van der Waals surface area contributed by atoms with Crippen LogP contribution in [0.15, 0.2) is 60.7 Å². The van der Waals surface area contributed by atoms with Crippen LogP contribution >= 0.6 is 0 Å². The Morgan fingerprint density at radius 1 is 1.12 bits per heavy atom. The zero-order valence-electron chi connectivity index (χ0n) is 14.3. The maximum atomic E-state index is 12.8. The first-order valence-corrected chi connectivity index (χ1v) is 8.54. The second kappa shape index (κ2) is 7.68. The highest BCUT2D eigenvalue weighted by Crippen LogP contribution is 2.39. The number of benzene rings is 2. The molecule has 25 heavy (non-hydrogen) atoms. The highest BCUT2D eigenvalue weighted by molar-refractivity contribution is 5.70. The molecule has 5 heteroatoms. The van der Waals surface area contributed by atoms with Gasteiger partial charge in [-0.1, -0.05) is 60.7 Å².